The molecule has 0 radical (unpaired) electrons. The summed E-state index contributed by atoms with van der Waals surface area (Å²) < 4.78 is 27.3. The Balaban J connectivity index is 1.80. The number of carbonyl (C=O) groups is 4. The van der Waals surface area contributed by atoms with Gasteiger partial charge in [-0.1, -0.05) is 0 Å². The average Bonchev–Trinajstić information content (AvgIpc) is 2.82. The number of benzene rings is 1. The van der Waals surface area contributed by atoms with Gasteiger partial charge in [-0.2, -0.15) is 0 Å². The van der Waals surface area contributed by atoms with E-state index in [-0.39, 0.29) is 31.5 Å². The quantitative estimate of drug-likeness (QED) is 0.131. The number of amides is 2. The van der Waals surface area contributed by atoms with Crippen molar-refractivity contribution in [1.29, 1.82) is 0 Å². The molecular weight excluding hydrogens is 498 g/mol. The molecule has 0 fully saturated rings. The second-order valence-electron chi connectivity index (χ2n) is 9.10. The lowest BCUT2D eigenvalue weighted by molar-refractivity contribution is -0.145. The van der Waals surface area contributed by atoms with E-state index >= 15 is 4.39 Å². The number of anilines is 1. The molecule has 2 amide bonds. The Hall–Kier alpha value is -3.88. The van der Waals surface area contributed by atoms with Crippen molar-refractivity contribution in [2.75, 3.05) is 25.1 Å². The number of aromatic hydroxyl groups is 1. The van der Waals surface area contributed by atoms with E-state index in [9.17, 15) is 44.0 Å². The minimum Gasteiger partial charge on any atom is -0.510 e. The third-order valence-corrected chi connectivity index (χ3v) is 7.03. The molecule has 12 nitrogen and oxygen atoms in total. The zero-order valence-corrected chi connectivity index (χ0v) is 19.2. The van der Waals surface area contributed by atoms with Crippen molar-refractivity contribution in [1.82, 2.24) is 5.32 Å². The van der Waals surface area contributed by atoms with Crippen LogP contribution in [-0.2, 0) is 20.8 Å². The largest absolute Gasteiger partial charge is 0.510 e. The van der Waals surface area contributed by atoms with Gasteiger partial charge in [0.25, 0.3) is 5.91 Å². The molecule has 3 aliphatic carbocycles. The summed E-state index contributed by atoms with van der Waals surface area (Å²) in [6, 6.07) is -0.724. The lowest BCUT2D eigenvalue weighted by Crippen LogP contribution is -2.63. The molecule has 4 rings (SSSR count). The number of ketones is 2. The summed E-state index contributed by atoms with van der Waals surface area (Å²) in [4.78, 5) is 50.3. The summed E-state index contributed by atoms with van der Waals surface area (Å²) in [6.45, 7) is -1.23. The lowest BCUT2D eigenvalue weighted by Gasteiger charge is -2.47. The minimum absolute atomic E-state index is 0.123. The smallest absolute Gasteiger partial charge is 0.255 e. The Kier molecular flexibility index (Phi) is 6.52. The third-order valence-electron chi connectivity index (χ3n) is 7.03. The van der Waals surface area contributed by atoms with Crippen LogP contribution in [0.15, 0.2) is 28.7 Å². The summed E-state index contributed by atoms with van der Waals surface area (Å²) in [5.41, 5.74) is 5.36. The predicted octanol–water partition coefficient (Wildman–Crippen LogP) is -0.846. The topological polar surface area (TPSA) is 225 Å². The number of rotatable bonds is 6. The molecule has 0 heterocycles. The molecule has 14 heteroatoms. The first-order chi connectivity index (χ1) is 17.4. The van der Waals surface area contributed by atoms with Crippen LogP contribution >= 0.6 is 0 Å². The zero-order valence-electron chi connectivity index (χ0n) is 19.2. The number of phenols is 1. The van der Waals surface area contributed by atoms with Crippen LogP contribution in [0.25, 0.3) is 0 Å². The van der Waals surface area contributed by atoms with E-state index in [0.29, 0.717) is 0 Å². The van der Waals surface area contributed by atoms with Crippen molar-refractivity contribution in [2.45, 2.75) is 24.5 Å². The van der Waals surface area contributed by atoms with Gasteiger partial charge in [0.1, 0.15) is 29.6 Å². The fourth-order valence-electron chi connectivity index (χ4n) is 5.30. The van der Waals surface area contributed by atoms with Gasteiger partial charge in [-0.25, -0.2) is 8.78 Å². The fourth-order valence-corrected chi connectivity index (χ4v) is 5.30. The van der Waals surface area contributed by atoms with Gasteiger partial charge in [-0.05, 0) is 18.8 Å². The number of allylic oxidation sites excluding steroid dienone is 1. The Labute approximate surface area is 207 Å². The fraction of sp³-hybridized carbons (Fsp3) is 0.391. The van der Waals surface area contributed by atoms with E-state index in [2.05, 4.69) is 10.6 Å². The molecule has 1 aromatic rings. The third kappa shape index (κ3) is 3.84. The molecule has 10 N–H and O–H groups in total. The van der Waals surface area contributed by atoms with Crippen LogP contribution in [0.4, 0.5) is 14.5 Å². The van der Waals surface area contributed by atoms with Crippen molar-refractivity contribution in [3.05, 3.63) is 45.7 Å². The molecule has 0 unspecified atom stereocenters. The molecule has 0 saturated carbocycles. The van der Waals surface area contributed by atoms with Gasteiger partial charge < -0.3 is 42.5 Å². The molecule has 1 aromatic carbocycles. The molecule has 198 valence electrons. The lowest BCUT2D eigenvalue weighted by atomic mass is 9.59. The number of aliphatic hydroxyl groups is 3. The van der Waals surface area contributed by atoms with Gasteiger partial charge >= 0.3 is 0 Å². The van der Waals surface area contributed by atoms with E-state index in [1.54, 1.807) is 0 Å². The van der Waals surface area contributed by atoms with Crippen LogP contribution in [0.5, 0.6) is 5.75 Å². The first-order valence-electron chi connectivity index (χ1n) is 11.2. The number of Topliss-reactive ketones (excluding diaryl/α,β-unsaturated/α-hetero) is 2. The van der Waals surface area contributed by atoms with Crippen molar-refractivity contribution in [2.24, 2.45) is 23.3 Å². The maximum Gasteiger partial charge on any atom is 0.255 e. The number of carbonyl (C=O) groups excluding carboxylic acids is 4. The number of primary amides is 1. The maximum absolute atomic E-state index is 15.1. The number of nitrogens with two attached hydrogens (primary N) is 2. The molecule has 0 aliphatic heterocycles. The van der Waals surface area contributed by atoms with Gasteiger partial charge in [0.15, 0.2) is 17.1 Å². The molecule has 4 atom stereocenters. The van der Waals surface area contributed by atoms with Crippen LogP contribution in [0.2, 0.25) is 0 Å². The number of fused-ring (bicyclic) bond motifs is 3. The molecule has 0 saturated heterocycles. The van der Waals surface area contributed by atoms with Gasteiger partial charge in [-0.3, -0.25) is 19.2 Å². The normalized spacial score (nSPS) is 27.0. The summed E-state index contributed by atoms with van der Waals surface area (Å²) in [6.07, 6.45) is -0.546. The molecule has 0 spiro atoms. The molecule has 37 heavy (non-hydrogen) atoms. The van der Waals surface area contributed by atoms with Crippen molar-refractivity contribution in [3.8, 4) is 5.75 Å². The second-order valence-corrected chi connectivity index (χ2v) is 9.10. The minimum atomic E-state index is -2.89. The van der Waals surface area contributed by atoms with Crippen molar-refractivity contribution < 1.29 is 48.4 Å². The summed E-state index contributed by atoms with van der Waals surface area (Å²) in [5.74, 6) is -10.9. The highest BCUT2D eigenvalue weighted by Gasteiger charge is 2.62. The number of phenolic OH excluding ortho intramolecular Hbond substituents is 1. The van der Waals surface area contributed by atoms with E-state index in [1.807, 2.05) is 0 Å². The van der Waals surface area contributed by atoms with Crippen LogP contribution in [0.3, 0.4) is 0 Å². The number of alkyl halides is 1. The van der Waals surface area contributed by atoms with Gasteiger partial charge in [-0.15, -0.1) is 0 Å². The Morgan fingerprint density at radius 1 is 1.22 bits per heavy atom. The maximum atomic E-state index is 15.1. The van der Waals surface area contributed by atoms with Crippen molar-refractivity contribution >= 4 is 29.1 Å². The summed E-state index contributed by atoms with van der Waals surface area (Å²) in [5, 5.41) is 48.0. The van der Waals surface area contributed by atoms with E-state index in [4.69, 9.17) is 11.5 Å². The van der Waals surface area contributed by atoms with Gasteiger partial charge in [0.05, 0.1) is 23.8 Å². The van der Waals surface area contributed by atoms with Crippen LogP contribution in [0.1, 0.15) is 22.3 Å². The molecule has 0 aromatic heterocycles. The van der Waals surface area contributed by atoms with Crippen LogP contribution in [-0.4, -0.2) is 75.2 Å². The number of hydrogen-bond acceptors (Lipinski definition) is 10. The standard InChI is InChI=1S/C23H24F2N4O8/c24-1-2-28-6-12(30)29-11-5-10(25)8-3-7-4-9-16(26)19(33)15(22(27)36)21(35)23(9,37)20(34)13(7)18(32)14(8)17(11)31/h5,7,9,16,28,31,33-34,37H,1-4,6,26H2,(H2,27,36)(H,29,30)/t7-,9-,16-,23-/m0/s1. The first-order valence-corrected chi connectivity index (χ1v) is 11.2. The number of halogens is 2. The molecule has 3 aliphatic rings. The number of hydrogen-bond donors (Lipinski definition) is 8. The zero-order chi connectivity index (χ0) is 27.4. The van der Waals surface area contributed by atoms with Gasteiger partial charge in [0.2, 0.25) is 11.7 Å². The van der Waals surface area contributed by atoms with Gasteiger partial charge in [0, 0.05) is 29.7 Å². The van der Waals surface area contributed by atoms with Crippen LogP contribution in [0, 0.1) is 17.7 Å². The SMILES string of the molecule is NC(=O)C1=C(O)[C@@H](N)[C@@H]2C[C@@H]3Cc4c(F)cc(NC(=O)CNCCF)c(O)c4C(=O)C3=C(O)[C@]2(O)C1=O. The first kappa shape index (κ1) is 26.2. The highest BCUT2D eigenvalue weighted by Crippen LogP contribution is 2.52. The summed E-state index contributed by atoms with van der Waals surface area (Å²) >= 11 is 0. The molecule has 0 bridgehead atoms. The van der Waals surface area contributed by atoms with Crippen LogP contribution < -0.4 is 22.1 Å². The average molecular weight is 522 g/mol. The number of aliphatic hydroxyl groups excluding tert-OH is 2. The number of nitrogens with one attached hydrogen (secondary N) is 2. The Bertz CT molecular complexity index is 1310. The molecular formula is C23H24F2N4O8. The van der Waals surface area contributed by atoms with Crippen molar-refractivity contribution in [3.63, 3.8) is 0 Å². The monoisotopic (exact) mass is 522 g/mol. The van der Waals surface area contributed by atoms with E-state index < -0.39 is 99.0 Å². The summed E-state index contributed by atoms with van der Waals surface area (Å²) in [7, 11) is 0. The van der Waals surface area contributed by atoms with E-state index in [0.717, 1.165) is 6.07 Å². The second kappa shape index (κ2) is 9.21. The predicted molar refractivity (Wildman–Crippen MR) is 122 cm³/mol. The highest BCUT2D eigenvalue weighted by molar-refractivity contribution is 6.25. The Morgan fingerprint density at radius 3 is 2.51 bits per heavy atom. The Morgan fingerprint density at radius 2 is 1.89 bits per heavy atom. The highest BCUT2D eigenvalue weighted by atomic mass is 19.1. The van der Waals surface area contributed by atoms with E-state index in [1.165, 1.54) is 0 Å².